The van der Waals surface area contributed by atoms with Crippen LogP contribution < -0.4 is 11.2 Å². The first kappa shape index (κ1) is 30.7. The molecule has 0 amide bonds. The number of aliphatic hydroxyl groups excluding tert-OH is 1. The van der Waals surface area contributed by atoms with E-state index in [1.54, 1.807) is 27.7 Å². The Morgan fingerprint density at radius 1 is 1.05 bits per heavy atom. The molecule has 1 aromatic rings. The number of rotatable bonds is 9. The van der Waals surface area contributed by atoms with E-state index in [1.165, 1.54) is 10.8 Å². The number of hydrogen-bond donors (Lipinski definition) is 1. The maximum absolute atomic E-state index is 13.4. The lowest BCUT2D eigenvalue weighted by atomic mass is 10.1. The first-order valence-corrected chi connectivity index (χ1v) is 14.1. The largest absolute Gasteiger partial charge is 0.509 e. The molecule has 13 heteroatoms. The summed E-state index contributed by atoms with van der Waals surface area (Å²) in [6.07, 6.45) is 0.526. The van der Waals surface area contributed by atoms with Crippen molar-refractivity contribution in [3.8, 4) is 0 Å². The maximum Gasteiger partial charge on any atom is 0.509 e. The van der Waals surface area contributed by atoms with E-state index in [9.17, 15) is 19.5 Å². The zero-order valence-electron chi connectivity index (χ0n) is 23.7. The van der Waals surface area contributed by atoms with Gasteiger partial charge in [-0.15, -0.1) is 0 Å². The fourth-order valence-corrected chi connectivity index (χ4v) is 5.02. The third-order valence-corrected chi connectivity index (χ3v) is 6.90. The van der Waals surface area contributed by atoms with Gasteiger partial charge in [-0.2, -0.15) is 0 Å². The Bertz CT molecular complexity index is 1100. The summed E-state index contributed by atoms with van der Waals surface area (Å²) in [5.41, 5.74) is -1.85. The molecule has 3 fully saturated rings. The number of carbonyl (C=O) groups excluding carboxylic acids is 1. The summed E-state index contributed by atoms with van der Waals surface area (Å²) < 4.78 is 43.6. The summed E-state index contributed by atoms with van der Waals surface area (Å²) >= 11 is 0. The molecule has 6 atom stereocenters. The monoisotopic (exact) mass is 570 g/mol. The summed E-state index contributed by atoms with van der Waals surface area (Å²) in [6.45, 7) is 7.23. The molecule has 0 radical (unpaired) electrons. The predicted molar refractivity (Wildman–Crippen MR) is 140 cm³/mol. The highest BCUT2D eigenvalue weighted by atomic mass is 16.8. The van der Waals surface area contributed by atoms with Gasteiger partial charge in [0.1, 0.15) is 17.8 Å². The Morgan fingerprint density at radius 3 is 2.33 bits per heavy atom. The van der Waals surface area contributed by atoms with Crippen molar-refractivity contribution in [1.82, 2.24) is 9.13 Å². The third-order valence-electron chi connectivity index (χ3n) is 6.90. The second-order valence-corrected chi connectivity index (χ2v) is 11.3. The van der Waals surface area contributed by atoms with Gasteiger partial charge in [0, 0.05) is 25.0 Å². The van der Waals surface area contributed by atoms with Crippen LogP contribution >= 0.6 is 0 Å². The topological polar surface area (TPSA) is 146 Å². The number of nitrogens with zero attached hydrogens (tertiary/aromatic N) is 2. The van der Waals surface area contributed by atoms with E-state index in [2.05, 4.69) is 0 Å². The number of ether oxygens (including phenoxy) is 7. The first-order valence-electron chi connectivity index (χ1n) is 14.1. The second-order valence-electron chi connectivity index (χ2n) is 11.3. The minimum atomic E-state index is -1.18. The van der Waals surface area contributed by atoms with Crippen molar-refractivity contribution in [1.29, 1.82) is 0 Å². The summed E-state index contributed by atoms with van der Waals surface area (Å²) in [4.78, 5) is 39.0. The Kier molecular flexibility index (Phi) is 10.4. The highest BCUT2D eigenvalue weighted by molar-refractivity contribution is 5.61. The summed E-state index contributed by atoms with van der Waals surface area (Å²) in [7, 11) is 0. The molecule has 3 unspecified atom stereocenters. The molecule has 0 spiro atoms. The Morgan fingerprint density at radius 2 is 1.73 bits per heavy atom. The quantitative estimate of drug-likeness (QED) is 0.435. The molecule has 3 aliphatic heterocycles. The molecular weight excluding hydrogens is 528 g/mol. The van der Waals surface area contributed by atoms with Crippen LogP contribution in [0.3, 0.4) is 0 Å². The zero-order valence-corrected chi connectivity index (χ0v) is 23.7. The van der Waals surface area contributed by atoms with Gasteiger partial charge in [0.05, 0.1) is 19.8 Å². The van der Waals surface area contributed by atoms with Gasteiger partial charge in [0.15, 0.2) is 24.9 Å². The lowest BCUT2D eigenvalue weighted by Crippen LogP contribution is -2.47. The van der Waals surface area contributed by atoms with Crippen LogP contribution in [0, 0.1) is 6.92 Å². The van der Waals surface area contributed by atoms with Crippen LogP contribution in [0.4, 0.5) is 4.79 Å². The first-order chi connectivity index (χ1) is 19.1. The van der Waals surface area contributed by atoms with Gasteiger partial charge in [-0.05, 0) is 66.2 Å². The van der Waals surface area contributed by atoms with E-state index in [4.69, 9.17) is 33.2 Å². The SMILES string of the molecule is Cc1cn([C@@H]2O[C@H](COC3CCCCO3)[C@H](OC3CCCCO3)C2OC(=O)OC(C)(C)C)c(=O)n(CCO)c1=O. The maximum atomic E-state index is 13.4. The number of aryl methyl sites for hydroxylation is 1. The van der Waals surface area contributed by atoms with Gasteiger partial charge in [-0.25, -0.2) is 9.59 Å². The van der Waals surface area contributed by atoms with Crippen LogP contribution in [0.5, 0.6) is 0 Å². The van der Waals surface area contributed by atoms with Crippen molar-refractivity contribution < 1.29 is 43.1 Å². The van der Waals surface area contributed by atoms with Gasteiger partial charge in [0.2, 0.25) is 0 Å². The summed E-state index contributed by atoms with van der Waals surface area (Å²) in [5.74, 6) is 0. The molecule has 0 aliphatic carbocycles. The van der Waals surface area contributed by atoms with E-state index >= 15 is 0 Å². The van der Waals surface area contributed by atoms with Crippen LogP contribution in [-0.4, -0.2) is 83.3 Å². The van der Waals surface area contributed by atoms with Crippen LogP contribution in [0.2, 0.25) is 0 Å². The fraction of sp³-hybridized carbons (Fsp3) is 0.815. The second kappa shape index (κ2) is 13.6. The molecule has 13 nitrogen and oxygen atoms in total. The molecular formula is C27H42N2O11. The highest BCUT2D eigenvalue weighted by Crippen LogP contribution is 2.36. The van der Waals surface area contributed by atoms with E-state index in [-0.39, 0.29) is 18.7 Å². The molecule has 0 bridgehead atoms. The molecule has 1 N–H and O–H groups in total. The van der Waals surface area contributed by atoms with Crippen molar-refractivity contribution in [2.24, 2.45) is 0 Å². The Labute approximate surface area is 233 Å². The third kappa shape index (κ3) is 7.71. The van der Waals surface area contributed by atoms with Crippen molar-refractivity contribution in [3.63, 3.8) is 0 Å². The summed E-state index contributed by atoms with van der Waals surface area (Å²) in [6, 6.07) is 0. The van der Waals surface area contributed by atoms with Gasteiger partial charge in [-0.3, -0.25) is 13.9 Å². The average molecular weight is 571 g/mol. The molecule has 4 heterocycles. The van der Waals surface area contributed by atoms with Crippen molar-refractivity contribution >= 4 is 6.16 Å². The van der Waals surface area contributed by atoms with Gasteiger partial charge >= 0.3 is 11.8 Å². The number of aromatic nitrogens is 2. The predicted octanol–water partition coefficient (Wildman–Crippen LogP) is 1.98. The Hall–Kier alpha value is -2.29. The highest BCUT2D eigenvalue weighted by Gasteiger charge is 2.51. The van der Waals surface area contributed by atoms with Gasteiger partial charge in [-0.1, -0.05) is 0 Å². The standard InChI is InChI=1S/C27H42N2O11/c1-17-15-29(25(32)28(11-12-30)23(17)31)24-22(39-26(33)40-27(2,3)4)21(38-20-10-6-8-14-35-20)18(37-24)16-36-19-9-5-7-13-34-19/h15,18-22,24,30H,5-14,16H2,1-4H3/t18-,19?,20?,21+,22?,24-/m1/s1. The van der Waals surface area contributed by atoms with Gasteiger partial charge in [0.25, 0.3) is 5.56 Å². The fourth-order valence-electron chi connectivity index (χ4n) is 5.02. The molecule has 3 saturated heterocycles. The van der Waals surface area contributed by atoms with E-state index in [1.807, 2.05) is 0 Å². The number of hydrogen-bond acceptors (Lipinski definition) is 11. The average Bonchev–Trinajstić information content (AvgIpc) is 3.23. The van der Waals surface area contributed by atoms with Crippen LogP contribution in [0.25, 0.3) is 0 Å². The van der Waals surface area contributed by atoms with E-state index < -0.39 is 66.7 Å². The molecule has 4 rings (SSSR count). The summed E-state index contributed by atoms with van der Waals surface area (Å²) in [5, 5.41) is 9.47. The Balaban J connectivity index is 1.69. The smallest absolute Gasteiger partial charge is 0.429 e. The number of carbonyl (C=O) groups is 1. The van der Waals surface area contributed by atoms with E-state index in [0.29, 0.717) is 19.6 Å². The van der Waals surface area contributed by atoms with Crippen molar-refractivity contribution in [3.05, 3.63) is 32.6 Å². The zero-order chi connectivity index (χ0) is 28.9. The molecule has 40 heavy (non-hydrogen) atoms. The minimum absolute atomic E-state index is 0.0384. The molecule has 0 aromatic carbocycles. The molecule has 1 aromatic heterocycles. The number of aliphatic hydroxyl groups is 1. The van der Waals surface area contributed by atoms with E-state index in [0.717, 1.165) is 36.7 Å². The van der Waals surface area contributed by atoms with Crippen LogP contribution in [0.1, 0.15) is 71.1 Å². The normalized spacial score (nSPS) is 29.3. The van der Waals surface area contributed by atoms with Crippen molar-refractivity contribution in [2.75, 3.05) is 26.4 Å². The van der Waals surface area contributed by atoms with Gasteiger partial charge < -0.3 is 38.3 Å². The lowest BCUT2D eigenvalue weighted by molar-refractivity contribution is -0.224. The van der Waals surface area contributed by atoms with Crippen molar-refractivity contribution in [2.45, 2.75) is 115 Å². The molecule has 226 valence electrons. The molecule has 3 aliphatic rings. The lowest BCUT2D eigenvalue weighted by Gasteiger charge is -2.31. The molecule has 0 saturated carbocycles. The van der Waals surface area contributed by atoms with Crippen LogP contribution in [-0.2, 0) is 39.7 Å². The minimum Gasteiger partial charge on any atom is -0.429 e. The van der Waals surface area contributed by atoms with Crippen LogP contribution in [0.15, 0.2) is 15.8 Å².